The molecular formula is C17H16N2O3. The number of rotatable bonds is 1. The van der Waals surface area contributed by atoms with Crippen molar-refractivity contribution in [1.82, 2.24) is 4.98 Å². The number of aliphatic carboxylic acids is 1. The van der Waals surface area contributed by atoms with Gasteiger partial charge >= 0.3 is 5.97 Å². The lowest BCUT2D eigenvalue weighted by Gasteiger charge is -2.23. The number of hydrogen-bond donors (Lipinski definition) is 2. The number of anilines is 1. The third-order valence-corrected chi connectivity index (χ3v) is 5.21. The highest BCUT2D eigenvalue weighted by molar-refractivity contribution is 6.06. The number of hydrogen-bond acceptors (Lipinski definition) is 3. The van der Waals surface area contributed by atoms with Crippen molar-refractivity contribution in [2.24, 2.45) is 11.8 Å². The molecule has 22 heavy (non-hydrogen) atoms. The Balaban J connectivity index is 1.79. The average Bonchev–Trinajstić information content (AvgIpc) is 3.00. The molecule has 1 fully saturated rings. The molecule has 3 aliphatic rings. The predicted molar refractivity (Wildman–Crippen MR) is 80.2 cm³/mol. The van der Waals surface area contributed by atoms with Crippen molar-refractivity contribution in [3.8, 4) is 0 Å². The summed E-state index contributed by atoms with van der Waals surface area (Å²) in [6, 6.07) is 3.80. The van der Waals surface area contributed by atoms with Crippen LogP contribution < -0.4 is 5.32 Å². The highest BCUT2D eigenvalue weighted by Gasteiger charge is 2.55. The standard InChI is InChI=1S/C17H16N2O3/c1-9-5-10(15(20)21)6-11-7-17(8-12(9)11)13-3-2-4-18-14(13)19-16(17)22/h2-6,9,12H,7-8H2,1H3,(H,20,21)(H,18,19,22)/t9?,12?,17-/m0/s1. The molecule has 112 valence electrons. The molecule has 0 bridgehead atoms. The Hall–Kier alpha value is -2.43. The number of carboxylic acid groups (broad SMARTS) is 1. The van der Waals surface area contributed by atoms with Gasteiger partial charge in [0, 0.05) is 11.8 Å². The number of nitrogens with zero attached hydrogens (tertiary/aromatic N) is 1. The monoisotopic (exact) mass is 296 g/mol. The first-order valence-corrected chi connectivity index (χ1v) is 7.44. The normalized spacial score (nSPS) is 32.1. The van der Waals surface area contributed by atoms with Crippen LogP contribution in [0.1, 0.15) is 25.3 Å². The molecule has 5 nitrogen and oxygen atoms in total. The number of allylic oxidation sites excluding steroid dienone is 2. The SMILES string of the molecule is CC1C=C(C(=O)O)C=C2C[C@@]3(CC21)C(=O)Nc1ncccc13. The highest BCUT2D eigenvalue weighted by Crippen LogP contribution is 2.55. The molecule has 0 aromatic carbocycles. The summed E-state index contributed by atoms with van der Waals surface area (Å²) in [6.45, 7) is 2.02. The molecule has 5 heteroatoms. The zero-order valence-corrected chi connectivity index (χ0v) is 12.2. The zero-order chi connectivity index (χ0) is 15.5. The number of pyridine rings is 1. The van der Waals surface area contributed by atoms with Crippen LogP contribution in [0.25, 0.3) is 0 Å². The van der Waals surface area contributed by atoms with Crippen LogP contribution in [0.4, 0.5) is 5.82 Å². The Labute approximate surface area is 127 Å². The maximum atomic E-state index is 12.6. The maximum absolute atomic E-state index is 12.6. The molecule has 1 aromatic rings. The fraction of sp³-hybridized carbons (Fsp3) is 0.353. The van der Waals surface area contributed by atoms with E-state index in [0.717, 1.165) is 11.1 Å². The van der Waals surface area contributed by atoms with E-state index < -0.39 is 11.4 Å². The quantitative estimate of drug-likeness (QED) is 0.833. The highest BCUT2D eigenvalue weighted by atomic mass is 16.4. The third-order valence-electron chi connectivity index (χ3n) is 5.21. The van der Waals surface area contributed by atoms with E-state index in [-0.39, 0.29) is 17.7 Å². The largest absolute Gasteiger partial charge is 0.478 e. The molecule has 3 atom stereocenters. The Morgan fingerprint density at radius 1 is 1.50 bits per heavy atom. The Bertz CT molecular complexity index is 765. The molecule has 1 aromatic heterocycles. The first-order valence-electron chi connectivity index (χ1n) is 7.44. The summed E-state index contributed by atoms with van der Waals surface area (Å²) in [5.74, 6) is 0.0714. The number of nitrogens with one attached hydrogen (secondary N) is 1. The lowest BCUT2D eigenvalue weighted by Crippen LogP contribution is -2.32. The number of carbonyl (C=O) groups excluding carboxylic acids is 1. The van der Waals surface area contributed by atoms with E-state index in [1.54, 1.807) is 18.3 Å². The first-order chi connectivity index (χ1) is 10.5. The van der Waals surface area contributed by atoms with Crippen molar-refractivity contribution >= 4 is 17.7 Å². The number of aromatic nitrogens is 1. The van der Waals surface area contributed by atoms with Crippen molar-refractivity contribution in [2.45, 2.75) is 25.2 Å². The van der Waals surface area contributed by atoms with Crippen LogP contribution in [0, 0.1) is 11.8 Å². The van der Waals surface area contributed by atoms with Crippen LogP contribution in [0.5, 0.6) is 0 Å². The van der Waals surface area contributed by atoms with E-state index in [2.05, 4.69) is 10.3 Å². The second-order valence-corrected chi connectivity index (χ2v) is 6.43. The van der Waals surface area contributed by atoms with E-state index in [1.165, 1.54) is 0 Å². The Morgan fingerprint density at radius 3 is 3.09 bits per heavy atom. The van der Waals surface area contributed by atoms with Crippen molar-refractivity contribution in [2.75, 3.05) is 5.32 Å². The average molecular weight is 296 g/mol. The van der Waals surface area contributed by atoms with Gasteiger partial charge in [-0.2, -0.15) is 0 Å². The molecule has 2 heterocycles. The topological polar surface area (TPSA) is 79.3 Å². The molecule has 2 unspecified atom stereocenters. The van der Waals surface area contributed by atoms with Gasteiger partial charge in [0.15, 0.2) is 0 Å². The Kier molecular flexibility index (Phi) is 2.58. The first kappa shape index (κ1) is 13.2. The second kappa shape index (κ2) is 4.29. The van der Waals surface area contributed by atoms with Gasteiger partial charge in [-0.1, -0.05) is 24.6 Å². The molecule has 1 amide bonds. The number of fused-ring (bicyclic) bond motifs is 3. The Morgan fingerprint density at radius 2 is 2.32 bits per heavy atom. The van der Waals surface area contributed by atoms with E-state index in [1.807, 2.05) is 19.1 Å². The summed E-state index contributed by atoms with van der Waals surface area (Å²) >= 11 is 0. The minimum atomic E-state index is -0.906. The molecule has 2 N–H and O–H groups in total. The van der Waals surface area contributed by atoms with Gasteiger partial charge < -0.3 is 10.4 Å². The van der Waals surface area contributed by atoms with Gasteiger partial charge in [-0.3, -0.25) is 4.79 Å². The fourth-order valence-electron chi connectivity index (χ4n) is 4.14. The van der Waals surface area contributed by atoms with Gasteiger partial charge in [0.2, 0.25) is 5.91 Å². The lowest BCUT2D eigenvalue weighted by molar-refractivity contribution is -0.132. The molecule has 1 saturated carbocycles. The van der Waals surface area contributed by atoms with Crippen molar-refractivity contribution in [1.29, 1.82) is 0 Å². The summed E-state index contributed by atoms with van der Waals surface area (Å²) in [5.41, 5.74) is 1.76. The minimum Gasteiger partial charge on any atom is -0.478 e. The summed E-state index contributed by atoms with van der Waals surface area (Å²) in [7, 11) is 0. The van der Waals surface area contributed by atoms with Gasteiger partial charge in [-0.25, -0.2) is 9.78 Å². The maximum Gasteiger partial charge on any atom is 0.335 e. The van der Waals surface area contributed by atoms with Crippen LogP contribution in [0.3, 0.4) is 0 Å². The smallest absolute Gasteiger partial charge is 0.335 e. The van der Waals surface area contributed by atoms with E-state index in [4.69, 9.17) is 0 Å². The lowest BCUT2D eigenvalue weighted by atomic mass is 9.78. The van der Waals surface area contributed by atoms with E-state index in [9.17, 15) is 14.7 Å². The van der Waals surface area contributed by atoms with Gasteiger partial charge in [-0.15, -0.1) is 0 Å². The number of carbonyl (C=O) groups is 2. The van der Waals surface area contributed by atoms with Gasteiger partial charge in [0.05, 0.1) is 11.0 Å². The van der Waals surface area contributed by atoms with Crippen LogP contribution >= 0.6 is 0 Å². The molecular weight excluding hydrogens is 280 g/mol. The van der Waals surface area contributed by atoms with Gasteiger partial charge in [0.25, 0.3) is 0 Å². The van der Waals surface area contributed by atoms with Crippen molar-refractivity contribution in [3.63, 3.8) is 0 Å². The molecule has 1 spiro atoms. The number of carboxylic acids is 1. The fourth-order valence-corrected chi connectivity index (χ4v) is 4.14. The molecule has 1 aliphatic heterocycles. The van der Waals surface area contributed by atoms with Gasteiger partial charge in [0.1, 0.15) is 5.82 Å². The summed E-state index contributed by atoms with van der Waals surface area (Å²) in [5, 5.41) is 12.1. The van der Waals surface area contributed by atoms with Crippen LogP contribution in [-0.4, -0.2) is 22.0 Å². The minimum absolute atomic E-state index is 0.0134. The van der Waals surface area contributed by atoms with Crippen LogP contribution in [-0.2, 0) is 15.0 Å². The molecule has 4 rings (SSSR count). The zero-order valence-electron chi connectivity index (χ0n) is 12.2. The van der Waals surface area contributed by atoms with E-state index in [0.29, 0.717) is 24.2 Å². The summed E-state index contributed by atoms with van der Waals surface area (Å²) < 4.78 is 0. The molecule has 2 aliphatic carbocycles. The van der Waals surface area contributed by atoms with Crippen molar-refractivity contribution < 1.29 is 14.7 Å². The van der Waals surface area contributed by atoms with Crippen molar-refractivity contribution in [3.05, 3.63) is 47.2 Å². The van der Waals surface area contributed by atoms with E-state index >= 15 is 0 Å². The molecule has 0 radical (unpaired) electrons. The number of amides is 1. The molecule has 0 saturated heterocycles. The van der Waals surface area contributed by atoms with Gasteiger partial charge in [-0.05, 0) is 36.8 Å². The predicted octanol–water partition coefficient (Wildman–Crippen LogP) is 2.27. The second-order valence-electron chi connectivity index (χ2n) is 6.43. The van der Waals surface area contributed by atoms with Crippen LogP contribution in [0.15, 0.2) is 41.6 Å². The summed E-state index contributed by atoms with van der Waals surface area (Å²) in [6.07, 6.45) is 6.52. The third kappa shape index (κ3) is 1.62. The van der Waals surface area contributed by atoms with Crippen LogP contribution in [0.2, 0.25) is 0 Å². The summed E-state index contributed by atoms with van der Waals surface area (Å²) in [4.78, 5) is 28.1.